The van der Waals surface area contributed by atoms with Crippen LogP contribution in [0.1, 0.15) is 28.7 Å². The molecule has 0 aromatic heterocycles. The molecule has 0 radical (unpaired) electrons. The molecule has 4 rings (SSSR count). The molecule has 0 spiro atoms. The van der Waals surface area contributed by atoms with E-state index in [1.54, 1.807) is 18.2 Å². The van der Waals surface area contributed by atoms with Crippen molar-refractivity contribution in [2.45, 2.75) is 26.4 Å². The van der Waals surface area contributed by atoms with Gasteiger partial charge in [0.2, 0.25) is 0 Å². The Hall–Kier alpha value is -2.73. The van der Waals surface area contributed by atoms with E-state index in [2.05, 4.69) is 0 Å². The second-order valence-electron chi connectivity index (χ2n) is 8.01. The molecule has 0 aliphatic carbocycles. The fourth-order valence-electron chi connectivity index (χ4n) is 3.57. The molecule has 1 heterocycles. The first kappa shape index (κ1) is 24.4. The van der Waals surface area contributed by atoms with E-state index in [4.69, 9.17) is 27.9 Å². The van der Waals surface area contributed by atoms with Gasteiger partial charge in [-0.15, -0.1) is 0 Å². The molecule has 1 fully saturated rings. The summed E-state index contributed by atoms with van der Waals surface area (Å²) in [6.45, 7) is 2.74. The number of rotatable bonds is 8. The van der Waals surface area contributed by atoms with Gasteiger partial charge in [0.25, 0.3) is 11.1 Å². The van der Waals surface area contributed by atoms with Crippen molar-refractivity contribution in [3.05, 3.63) is 104 Å². The average Bonchev–Trinajstić information content (AvgIpc) is 3.07. The highest BCUT2D eigenvalue weighted by molar-refractivity contribution is 8.18. The number of carbonyl (C=O) groups excluding carboxylic acids is 2. The second-order valence-corrected chi connectivity index (χ2v) is 9.82. The van der Waals surface area contributed by atoms with Crippen molar-refractivity contribution in [1.82, 2.24) is 4.90 Å². The maximum atomic E-state index is 12.8. The van der Waals surface area contributed by atoms with Crippen LogP contribution in [0.5, 0.6) is 5.75 Å². The largest absolute Gasteiger partial charge is 0.486 e. The van der Waals surface area contributed by atoms with Crippen molar-refractivity contribution in [2.75, 3.05) is 6.54 Å². The Morgan fingerprint density at radius 2 is 1.62 bits per heavy atom. The standard InChI is InChI=1S/C27H23Cl2NO3S/c1-18-9-11-20(12-10-18)17-33-25-22(28)14-21(15-23(25)29)16-24-26(31)30(27(32)34-24)13-5-8-19-6-3-2-4-7-19/h2-4,6-7,9-12,14-16H,5,8,13,17H2,1H3/b24-16+. The molecule has 0 atom stereocenters. The Kier molecular flexibility index (Phi) is 7.99. The molecule has 0 saturated carbocycles. The fraction of sp³-hybridized carbons (Fsp3) is 0.185. The minimum Gasteiger partial charge on any atom is -0.486 e. The van der Waals surface area contributed by atoms with Crippen molar-refractivity contribution in [1.29, 1.82) is 0 Å². The zero-order valence-electron chi connectivity index (χ0n) is 18.6. The summed E-state index contributed by atoms with van der Waals surface area (Å²) >= 11 is 13.8. The van der Waals surface area contributed by atoms with Crippen LogP contribution >= 0.6 is 35.0 Å². The van der Waals surface area contributed by atoms with Gasteiger partial charge in [-0.3, -0.25) is 14.5 Å². The van der Waals surface area contributed by atoms with E-state index in [9.17, 15) is 9.59 Å². The van der Waals surface area contributed by atoms with Crippen molar-refractivity contribution in [3.63, 3.8) is 0 Å². The number of amides is 2. The van der Waals surface area contributed by atoms with E-state index in [0.29, 0.717) is 45.8 Å². The van der Waals surface area contributed by atoms with Gasteiger partial charge < -0.3 is 4.74 Å². The van der Waals surface area contributed by atoms with Crippen molar-refractivity contribution in [3.8, 4) is 5.75 Å². The number of halogens is 2. The number of nitrogens with zero attached hydrogens (tertiary/aromatic N) is 1. The number of hydrogen-bond donors (Lipinski definition) is 0. The SMILES string of the molecule is Cc1ccc(COc2c(Cl)cc(/C=C3/SC(=O)N(CCCc4ccccc4)C3=O)cc2Cl)cc1. The monoisotopic (exact) mass is 511 g/mol. The Balaban J connectivity index is 1.41. The first-order valence-corrected chi connectivity index (χ1v) is 12.4. The molecule has 174 valence electrons. The summed E-state index contributed by atoms with van der Waals surface area (Å²) < 4.78 is 5.84. The Morgan fingerprint density at radius 1 is 0.941 bits per heavy atom. The quantitative estimate of drug-likeness (QED) is 0.293. The normalized spacial score (nSPS) is 14.8. The zero-order chi connectivity index (χ0) is 24.1. The number of thioether (sulfide) groups is 1. The van der Waals surface area contributed by atoms with E-state index in [1.165, 1.54) is 16.0 Å². The molecular weight excluding hydrogens is 489 g/mol. The molecule has 4 nitrogen and oxygen atoms in total. The van der Waals surface area contributed by atoms with E-state index < -0.39 is 0 Å². The zero-order valence-corrected chi connectivity index (χ0v) is 20.9. The average molecular weight is 512 g/mol. The number of carbonyl (C=O) groups is 2. The molecule has 2 amide bonds. The molecule has 1 aliphatic heterocycles. The van der Waals surface area contributed by atoms with Gasteiger partial charge in [-0.2, -0.15) is 0 Å². The maximum Gasteiger partial charge on any atom is 0.293 e. The predicted octanol–water partition coefficient (Wildman–Crippen LogP) is 7.55. The van der Waals surface area contributed by atoms with Crippen LogP contribution in [0.25, 0.3) is 6.08 Å². The summed E-state index contributed by atoms with van der Waals surface area (Å²) in [6, 6.07) is 21.4. The first-order chi connectivity index (χ1) is 16.4. The number of hydrogen-bond acceptors (Lipinski definition) is 4. The Bertz CT molecular complexity index is 1200. The predicted molar refractivity (Wildman–Crippen MR) is 139 cm³/mol. The van der Waals surface area contributed by atoms with Crippen LogP contribution in [0, 0.1) is 6.92 Å². The summed E-state index contributed by atoms with van der Waals surface area (Å²) in [5, 5.41) is 0.417. The molecule has 0 unspecified atom stereocenters. The van der Waals surface area contributed by atoms with Gasteiger partial charge in [0.05, 0.1) is 15.0 Å². The third-order valence-electron chi connectivity index (χ3n) is 5.39. The molecule has 1 saturated heterocycles. The summed E-state index contributed by atoms with van der Waals surface area (Å²) in [5.41, 5.74) is 3.99. The van der Waals surface area contributed by atoms with Crippen molar-refractivity contribution in [2.24, 2.45) is 0 Å². The molecule has 1 aliphatic rings. The number of imide groups is 1. The lowest BCUT2D eigenvalue weighted by molar-refractivity contribution is -0.122. The van der Waals surface area contributed by atoms with E-state index >= 15 is 0 Å². The maximum absolute atomic E-state index is 12.8. The van der Waals surface area contributed by atoms with Crippen LogP contribution in [0.4, 0.5) is 4.79 Å². The minimum atomic E-state index is -0.296. The van der Waals surface area contributed by atoms with Gasteiger partial charge in [-0.05, 0) is 66.4 Å². The lowest BCUT2D eigenvalue weighted by Gasteiger charge is -2.12. The fourth-order valence-corrected chi connectivity index (χ4v) is 5.05. The van der Waals surface area contributed by atoms with E-state index in [1.807, 2.05) is 61.5 Å². The van der Waals surface area contributed by atoms with Crippen LogP contribution in [-0.4, -0.2) is 22.6 Å². The highest BCUT2D eigenvalue weighted by Crippen LogP contribution is 2.38. The summed E-state index contributed by atoms with van der Waals surface area (Å²) in [4.78, 5) is 26.9. The van der Waals surface area contributed by atoms with Crippen molar-refractivity contribution < 1.29 is 14.3 Å². The molecule has 34 heavy (non-hydrogen) atoms. The van der Waals surface area contributed by atoms with E-state index in [0.717, 1.165) is 23.7 Å². The summed E-state index contributed by atoms with van der Waals surface area (Å²) in [6.07, 6.45) is 3.15. The molecule has 7 heteroatoms. The molecule has 3 aromatic carbocycles. The summed E-state index contributed by atoms with van der Waals surface area (Å²) in [7, 11) is 0. The molecule has 0 bridgehead atoms. The molecule has 3 aromatic rings. The van der Waals surface area contributed by atoms with Crippen molar-refractivity contribution >= 4 is 52.2 Å². The van der Waals surface area contributed by atoms with Gasteiger partial charge in [0, 0.05) is 6.54 Å². The van der Waals surface area contributed by atoms with Crippen LogP contribution in [0.2, 0.25) is 10.0 Å². The number of benzene rings is 3. The van der Waals surface area contributed by atoms with Crippen LogP contribution in [0.15, 0.2) is 71.6 Å². The van der Waals surface area contributed by atoms with Gasteiger partial charge in [0.15, 0.2) is 5.75 Å². The smallest absolute Gasteiger partial charge is 0.293 e. The minimum absolute atomic E-state index is 0.264. The van der Waals surface area contributed by atoms with E-state index in [-0.39, 0.29) is 11.1 Å². The van der Waals surface area contributed by atoms with Gasteiger partial charge >= 0.3 is 0 Å². The van der Waals surface area contributed by atoms with Crippen LogP contribution < -0.4 is 4.74 Å². The third-order valence-corrected chi connectivity index (χ3v) is 6.85. The van der Waals surface area contributed by atoms with Gasteiger partial charge in [-0.25, -0.2) is 0 Å². The lowest BCUT2D eigenvalue weighted by atomic mass is 10.1. The van der Waals surface area contributed by atoms with Gasteiger partial charge in [-0.1, -0.05) is 83.4 Å². The highest BCUT2D eigenvalue weighted by Gasteiger charge is 2.34. The molecular formula is C27H23Cl2NO3S. The third kappa shape index (κ3) is 6.03. The van der Waals surface area contributed by atoms with Crippen LogP contribution in [-0.2, 0) is 17.8 Å². The molecule has 0 N–H and O–H groups in total. The second kappa shape index (κ2) is 11.1. The van der Waals surface area contributed by atoms with Crippen LogP contribution in [0.3, 0.4) is 0 Å². The summed E-state index contributed by atoms with van der Waals surface area (Å²) in [5.74, 6) is 0.0880. The first-order valence-electron chi connectivity index (χ1n) is 10.9. The Labute approximate surface area is 213 Å². The topological polar surface area (TPSA) is 46.6 Å². The number of ether oxygens (including phenoxy) is 1. The lowest BCUT2D eigenvalue weighted by Crippen LogP contribution is -2.29. The highest BCUT2D eigenvalue weighted by atomic mass is 35.5. The van der Waals surface area contributed by atoms with Gasteiger partial charge in [0.1, 0.15) is 6.61 Å². The Morgan fingerprint density at radius 3 is 2.29 bits per heavy atom. The number of aryl methyl sites for hydroxylation is 2.